The Bertz CT molecular complexity index is 942. The van der Waals surface area contributed by atoms with Crippen molar-refractivity contribution in [2.75, 3.05) is 11.9 Å². The van der Waals surface area contributed by atoms with Crippen molar-refractivity contribution in [3.05, 3.63) is 65.3 Å². The molecule has 1 amide bonds. The number of likely N-dealkylation sites (N-methyl/N-ethyl adjacent to an activating group) is 1. The summed E-state index contributed by atoms with van der Waals surface area (Å²) in [6.45, 7) is 3.30. The second-order valence-corrected chi connectivity index (χ2v) is 6.93. The zero-order valence-corrected chi connectivity index (χ0v) is 16.1. The minimum Gasteiger partial charge on any atom is -0.448 e. The quantitative estimate of drug-likeness (QED) is 0.630. The highest BCUT2D eigenvalue weighted by atomic mass is 32.1. The van der Waals surface area contributed by atoms with E-state index in [0.29, 0.717) is 21.3 Å². The number of carbonyl (C=O) groups excluding carboxylic acids is 2. The van der Waals surface area contributed by atoms with Gasteiger partial charge >= 0.3 is 5.97 Å². The SMILES string of the molecule is Cc1nc(-c2ccccn2)sc1C(=O)O[C@@H](C)C(=O)N(C)c1ccccc1. The number of benzene rings is 1. The normalized spacial score (nSPS) is 11.7. The molecule has 3 rings (SSSR count). The standard InChI is InChI=1S/C20H19N3O3S/c1-13-17(27-18(22-13)16-11-7-8-12-21-16)20(25)26-14(2)19(24)23(3)15-9-5-4-6-10-15/h4-12,14H,1-3H3/t14-/m0/s1. The molecule has 0 N–H and O–H groups in total. The second kappa shape index (κ2) is 8.09. The summed E-state index contributed by atoms with van der Waals surface area (Å²) in [5, 5.41) is 0.639. The monoisotopic (exact) mass is 381 g/mol. The number of thiazole rings is 1. The van der Waals surface area contributed by atoms with Crippen LogP contribution in [0.4, 0.5) is 5.69 Å². The lowest BCUT2D eigenvalue weighted by atomic mass is 10.2. The number of hydrogen-bond donors (Lipinski definition) is 0. The van der Waals surface area contributed by atoms with Gasteiger partial charge in [-0.3, -0.25) is 9.78 Å². The molecule has 2 heterocycles. The first-order chi connectivity index (χ1) is 13.0. The van der Waals surface area contributed by atoms with Crippen LogP contribution in [0.25, 0.3) is 10.7 Å². The minimum atomic E-state index is -0.914. The van der Waals surface area contributed by atoms with Gasteiger partial charge in [-0.05, 0) is 38.1 Å². The van der Waals surface area contributed by atoms with Crippen LogP contribution in [0.15, 0.2) is 54.7 Å². The first-order valence-electron chi connectivity index (χ1n) is 8.40. The number of rotatable bonds is 5. The molecule has 0 unspecified atom stereocenters. The van der Waals surface area contributed by atoms with Crippen LogP contribution in [0.3, 0.4) is 0 Å². The molecule has 2 aromatic heterocycles. The number of carbonyl (C=O) groups is 2. The zero-order chi connectivity index (χ0) is 19.4. The van der Waals surface area contributed by atoms with E-state index in [4.69, 9.17) is 4.74 Å². The van der Waals surface area contributed by atoms with Crippen LogP contribution in [0, 0.1) is 6.92 Å². The highest BCUT2D eigenvalue weighted by Gasteiger charge is 2.25. The van der Waals surface area contributed by atoms with Gasteiger partial charge in [0, 0.05) is 18.9 Å². The van der Waals surface area contributed by atoms with Crippen LogP contribution in [-0.4, -0.2) is 35.0 Å². The first-order valence-corrected chi connectivity index (χ1v) is 9.21. The van der Waals surface area contributed by atoms with E-state index in [-0.39, 0.29) is 5.91 Å². The van der Waals surface area contributed by atoms with Crippen LogP contribution < -0.4 is 4.90 Å². The first kappa shape index (κ1) is 18.7. The number of aryl methyl sites for hydroxylation is 1. The van der Waals surface area contributed by atoms with E-state index in [0.717, 1.165) is 5.69 Å². The number of ether oxygens (including phenoxy) is 1. The predicted octanol–water partition coefficient (Wildman–Crippen LogP) is 3.72. The number of amides is 1. The Labute approximate surface area is 161 Å². The Balaban J connectivity index is 1.72. The molecule has 0 aliphatic carbocycles. The van der Waals surface area contributed by atoms with Gasteiger partial charge in [-0.15, -0.1) is 11.3 Å². The Morgan fingerprint density at radius 3 is 2.48 bits per heavy atom. The molecule has 0 saturated heterocycles. The van der Waals surface area contributed by atoms with Gasteiger partial charge in [-0.1, -0.05) is 24.3 Å². The number of esters is 1. The van der Waals surface area contributed by atoms with E-state index in [1.54, 1.807) is 27.1 Å². The maximum Gasteiger partial charge on any atom is 0.351 e. The summed E-state index contributed by atoms with van der Waals surface area (Å²) in [6.07, 6.45) is 0.757. The molecule has 0 fully saturated rings. The Kier molecular flexibility index (Phi) is 5.61. The lowest BCUT2D eigenvalue weighted by molar-refractivity contribution is -0.126. The highest BCUT2D eigenvalue weighted by molar-refractivity contribution is 7.17. The van der Waals surface area contributed by atoms with E-state index in [2.05, 4.69) is 9.97 Å². The van der Waals surface area contributed by atoms with Crippen molar-refractivity contribution in [2.45, 2.75) is 20.0 Å². The van der Waals surface area contributed by atoms with Gasteiger partial charge in [0.15, 0.2) is 6.10 Å². The number of aromatic nitrogens is 2. The summed E-state index contributed by atoms with van der Waals surface area (Å²) in [5.41, 5.74) is 1.98. The summed E-state index contributed by atoms with van der Waals surface area (Å²) in [7, 11) is 1.65. The average molecular weight is 381 g/mol. The molecule has 0 spiro atoms. The van der Waals surface area contributed by atoms with E-state index < -0.39 is 12.1 Å². The summed E-state index contributed by atoms with van der Waals surface area (Å²) in [6, 6.07) is 14.7. The Hall–Kier alpha value is -3.06. The van der Waals surface area contributed by atoms with Gasteiger partial charge in [-0.2, -0.15) is 0 Å². The van der Waals surface area contributed by atoms with Gasteiger partial charge < -0.3 is 9.64 Å². The molecular weight excluding hydrogens is 362 g/mol. The molecule has 0 aliphatic heterocycles. The molecule has 0 radical (unpaired) electrons. The molecule has 6 nitrogen and oxygen atoms in total. The largest absolute Gasteiger partial charge is 0.448 e. The van der Waals surface area contributed by atoms with Crippen LogP contribution in [0.1, 0.15) is 22.3 Å². The molecule has 0 saturated carbocycles. The Morgan fingerprint density at radius 2 is 1.81 bits per heavy atom. The number of hydrogen-bond acceptors (Lipinski definition) is 6. The molecule has 3 aromatic rings. The fourth-order valence-electron chi connectivity index (χ4n) is 2.50. The van der Waals surface area contributed by atoms with Crippen molar-refractivity contribution in [2.24, 2.45) is 0 Å². The summed E-state index contributed by atoms with van der Waals surface area (Å²) >= 11 is 1.21. The van der Waals surface area contributed by atoms with E-state index >= 15 is 0 Å². The van der Waals surface area contributed by atoms with Crippen LogP contribution in [0.5, 0.6) is 0 Å². The van der Waals surface area contributed by atoms with Crippen molar-refractivity contribution < 1.29 is 14.3 Å². The molecule has 0 bridgehead atoms. The van der Waals surface area contributed by atoms with Gasteiger partial charge in [0.1, 0.15) is 9.88 Å². The maximum absolute atomic E-state index is 12.5. The van der Waals surface area contributed by atoms with Gasteiger partial charge in [-0.25, -0.2) is 9.78 Å². The van der Waals surface area contributed by atoms with Crippen LogP contribution >= 0.6 is 11.3 Å². The molecule has 27 heavy (non-hydrogen) atoms. The van der Waals surface area contributed by atoms with Crippen LogP contribution in [0.2, 0.25) is 0 Å². The molecule has 7 heteroatoms. The summed E-state index contributed by atoms with van der Waals surface area (Å²) < 4.78 is 5.39. The van der Waals surface area contributed by atoms with E-state index in [1.807, 2.05) is 48.5 Å². The Morgan fingerprint density at radius 1 is 1.11 bits per heavy atom. The van der Waals surface area contributed by atoms with E-state index in [1.165, 1.54) is 16.2 Å². The lowest BCUT2D eigenvalue weighted by Crippen LogP contribution is -2.37. The van der Waals surface area contributed by atoms with Crippen molar-refractivity contribution >= 4 is 28.9 Å². The van der Waals surface area contributed by atoms with Crippen molar-refractivity contribution in [1.29, 1.82) is 0 Å². The highest BCUT2D eigenvalue weighted by Crippen LogP contribution is 2.27. The number of pyridine rings is 1. The minimum absolute atomic E-state index is 0.304. The van der Waals surface area contributed by atoms with Crippen molar-refractivity contribution in [1.82, 2.24) is 9.97 Å². The third-order valence-electron chi connectivity index (χ3n) is 3.97. The van der Waals surface area contributed by atoms with E-state index in [9.17, 15) is 9.59 Å². The van der Waals surface area contributed by atoms with Gasteiger partial charge in [0.2, 0.25) is 0 Å². The molecule has 1 atom stereocenters. The summed E-state index contributed by atoms with van der Waals surface area (Å²) in [5.74, 6) is -0.865. The average Bonchev–Trinajstić information content (AvgIpc) is 3.10. The van der Waals surface area contributed by atoms with Crippen LogP contribution in [-0.2, 0) is 9.53 Å². The third kappa shape index (κ3) is 4.20. The topological polar surface area (TPSA) is 72.4 Å². The number of anilines is 1. The number of para-hydroxylation sites is 1. The molecular formula is C20H19N3O3S. The van der Waals surface area contributed by atoms with Crippen molar-refractivity contribution in [3.8, 4) is 10.7 Å². The summed E-state index contributed by atoms with van der Waals surface area (Å²) in [4.78, 5) is 35.6. The fraction of sp³-hybridized carbons (Fsp3) is 0.200. The molecule has 1 aromatic carbocycles. The van der Waals surface area contributed by atoms with Gasteiger partial charge in [0.25, 0.3) is 5.91 Å². The number of nitrogens with zero attached hydrogens (tertiary/aromatic N) is 3. The molecule has 0 aliphatic rings. The molecule has 138 valence electrons. The van der Waals surface area contributed by atoms with Crippen molar-refractivity contribution in [3.63, 3.8) is 0 Å². The predicted molar refractivity (Wildman–Crippen MR) is 105 cm³/mol. The fourth-order valence-corrected chi connectivity index (χ4v) is 3.43. The zero-order valence-electron chi connectivity index (χ0n) is 15.2. The lowest BCUT2D eigenvalue weighted by Gasteiger charge is -2.21. The maximum atomic E-state index is 12.5. The van der Waals surface area contributed by atoms with Gasteiger partial charge in [0.05, 0.1) is 11.4 Å². The second-order valence-electron chi connectivity index (χ2n) is 5.93. The third-order valence-corrected chi connectivity index (χ3v) is 5.13. The smallest absolute Gasteiger partial charge is 0.351 e.